The molecule has 0 unspecified atom stereocenters. The lowest BCUT2D eigenvalue weighted by Crippen LogP contribution is -2.26. The average molecular weight is 237 g/mol. The maximum absolute atomic E-state index is 11.2. The van der Waals surface area contributed by atoms with Crippen LogP contribution in [0.2, 0.25) is 0 Å². The molecule has 1 aromatic rings. The lowest BCUT2D eigenvalue weighted by atomic mass is 9.96. The van der Waals surface area contributed by atoms with Crippen molar-refractivity contribution in [1.29, 1.82) is 0 Å². The second kappa shape index (κ2) is 5.89. The number of phenols is 1. The monoisotopic (exact) mass is 237 g/mol. The van der Waals surface area contributed by atoms with Gasteiger partial charge in [0.15, 0.2) is 0 Å². The third kappa shape index (κ3) is 4.14. The quantitative estimate of drug-likeness (QED) is 0.706. The van der Waals surface area contributed by atoms with Gasteiger partial charge in [0.2, 0.25) is 5.91 Å². The molecule has 1 amide bonds. The molecular weight excluding hydrogens is 222 g/mol. The molecule has 0 aliphatic rings. The molecule has 0 fully saturated rings. The number of phenolic OH excluding ortho intramolecular Hbond substituents is 1. The number of aromatic hydroxyl groups is 1. The zero-order valence-corrected chi connectivity index (χ0v) is 9.51. The molecule has 17 heavy (non-hydrogen) atoms. The predicted molar refractivity (Wildman–Crippen MR) is 61.6 cm³/mol. The third-order valence-corrected chi connectivity index (χ3v) is 2.48. The number of carbonyl (C=O) groups is 2. The number of benzene rings is 1. The largest absolute Gasteiger partial charge is 0.508 e. The van der Waals surface area contributed by atoms with E-state index >= 15 is 0 Å². The molecule has 5 heteroatoms. The Balaban J connectivity index is 2.70. The summed E-state index contributed by atoms with van der Waals surface area (Å²) in [5.41, 5.74) is 0.777. The summed E-state index contributed by atoms with van der Waals surface area (Å²) in [7, 11) is 1.47. The van der Waals surface area contributed by atoms with Crippen LogP contribution in [0.5, 0.6) is 5.75 Å². The first-order chi connectivity index (χ1) is 8.02. The van der Waals surface area contributed by atoms with Gasteiger partial charge in [-0.2, -0.15) is 0 Å². The minimum absolute atomic E-state index is 0.0489. The molecule has 92 valence electrons. The van der Waals surface area contributed by atoms with Crippen LogP contribution in [-0.4, -0.2) is 29.1 Å². The van der Waals surface area contributed by atoms with Crippen LogP contribution in [0, 0.1) is 5.92 Å². The topological polar surface area (TPSA) is 86.6 Å². The van der Waals surface area contributed by atoms with Gasteiger partial charge < -0.3 is 15.5 Å². The van der Waals surface area contributed by atoms with E-state index in [2.05, 4.69) is 5.32 Å². The molecule has 1 rings (SSSR count). The molecule has 1 aromatic carbocycles. The fourth-order valence-electron chi connectivity index (χ4n) is 1.49. The molecule has 0 saturated carbocycles. The Morgan fingerprint density at radius 3 is 2.35 bits per heavy atom. The van der Waals surface area contributed by atoms with Crippen LogP contribution in [0.25, 0.3) is 0 Å². The van der Waals surface area contributed by atoms with Gasteiger partial charge >= 0.3 is 5.97 Å². The molecular formula is C12H15NO4. The van der Waals surface area contributed by atoms with Gasteiger partial charge in [0.1, 0.15) is 5.75 Å². The van der Waals surface area contributed by atoms with E-state index in [-0.39, 0.29) is 24.5 Å². The van der Waals surface area contributed by atoms with Gasteiger partial charge in [0, 0.05) is 13.5 Å². The third-order valence-electron chi connectivity index (χ3n) is 2.48. The van der Waals surface area contributed by atoms with E-state index in [0.717, 1.165) is 5.56 Å². The molecule has 1 atom stereocenters. The van der Waals surface area contributed by atoms with E-state index in [9.17, 15) is 9.59 Å². The summed E-state index contributed by atoms with van der Waals surface area (Å²) in [6, 6.07) is 6.28. The lowest BCUT2D eigenvalue weighted by molar-refractivity contribution is -0.143. The van der Waals surface area contributed by atoms with Gasteiger partial charge in [0.05, 0.1) is 5.92 Å². The number of carboxylic acid groups (broad SMARTS) is 1. The second-order valence-corrected chi connectivity index (χ2v) is 3.78. The summed E-state index contributed by atoms with van der Waals surface area (Å²) < 4.78 is 0. The summed E-state index contributed by atoms with van der Waals surface area (Å²) in [5, 5.41) is 20.5. The Hall–Kier alpha value is -2.04. The van der Waals surface area contributed by atoms with Crippen LogP contribution >= 0.6 is 0 Å². The highest BCUT2D eigenvalue weighted by Gasteiger charge is 2.21. The summed E-state index contributed by atoms with van der Waals surface area (Å²) in [6.45, 7) is 0. The molecule has 0 aromatic heterocycles. The van der Waals surface area contributed by atoms with Crippen molar-refractivity contribution in [1.82, 2.24) is 5.32 Å². The fraction of sp³-hybridized carbons (Fsp3) is 0.333. The first-order valence-electron chi connectivity index (χ1n) is 5.24. The molecule has 0 heterocycles. The smallest absolute Gasteiger partial charge is 0.307 e. The predicted octanol–water partition coefficient (Wildman–Crippen LogP) is 0.772. The minimum atomic E-state index is -0.998. The van der Waals surface area contributed by atoms with Crippen molar-refractivity contribution in [3.05, 3.63) is 29.8 Å². The summed E-state index contributed by atoms with van der Waals surface area (Å²) >= 11 is 0. The number of carbonyl (C=O) groups excluding carboxylic acids is 1. The van der Waals surface area contributed by atoms with E-state index in [1.165, 1.54) is 19.2 Å². The summed E-state index contributed by atoms with van der Waals surface area (Å²) in [4.78, 5) is 22.1. The fourth-order valence-corrected chi connectivity index (χ4v) is 1.49. The van der Waals surface area contributed by atoms with Crippen molar-refractivity contribution in [2.24, 2.45) is 5.92 Å². The number of amides is 1. The van der Waals surface area contributed by atoms with Crippen LogP contribution in [0.3, 0.4) is 0 Å². The van der Waals surface area contributed by atoms with Crippen molar-refractivity contribution in [3.63, 3.8) is 0 Å². The van der Waals surface area contributed by atoms with E-state index in [0.29, 0.717) is 0 Å². The van der Waals surface area contributed by atoms with E-state index in [1.54, 1.807) is 12.1 Å². The molecule has 0 aliphatic heterocycles. The standard InChI is InChI=1S/C12H15NO4/c1-13-11(15)7-9(12(16)17)6-8-2-4-10(14)5-3-8/h2-5,9,14H,6-7H2,1H3,(H,13,15)(H,16,17)/t9-/m1/s1. The maximum Gasteiger partial charge on any atom is 0.307 e. The van der Waals surface area contributed by atoms with Crippen LogP contribution < -0.4 is 5.32 Å². The summed E-state index contributed by atoms with van der Waals surface area (Å²) in [5.74, 6) is -1.91. The van der Waals surface area contributed by atoms with Crippen molar-refractivity contribution >= 4 is 11.9 Å². The molecule has 3 N–H and O–H groups in total. The SMILES string of the molecule is CNC(=O)C[C@@H](Cc1ccc(O)cc1)C(=O)O. The van der Waals surface area contributed by atoms with Crippen LogP contribution in [0.1, 0.15) is 12.0 Å². The zero-order chi connectivity index (χ0) is 12.8. The molecule has 0 radical (unpaired) electrons. The number of carboxylic acids is 1. The number of nitrogens with one attached hydrogen (secondary N) is 1. The Bertz CT molecular complexity index is 399. The first-order valence-corrected chi connectivity index (χ1v) is 5.24. The van der Waals surface area contributed by atoms with E-state index in [1.807, 2.05) is 0 Å². The number of rotatable bonds is 5. The first kappa shape index (κ1) is 13.0. The van der Waals surface area contributed by atoms with Crippen molar-refractivity contribution < 1.29 is 19.8 Å². The molecule has 0 aliphatic carbocycles. The highest BCUT2D eigenvalue weighted by molar-refractivity contribution is 5.82. The van der Waals surface area contributed by atoms with Gasteiger partial charge in [-0.3, -0.25) is 9.59 Å². The Morgan fingerprint density at radius 1 is 1.29 bits per heavy atom. The number of aliphatic carboxylic acids is 1. The summed E-state index contributed by atoms with van der Waals surface area (Å²) in [6.07, 6.45) is 0.218. The van der Waals surface area contributed by atoms with Crippen LogP contribution in [0.4, 0.5) is 0 Å². The van der Waals surface area contributed by atoms with Crippen molar-refractivity contribution in [2.45, 2.75) is 12.8 Å². The number of hydrogen-bond acceptors (Lipinski definition) is 3. The zero-order valence-electron chi connectivity index (χ0n) is 9.51. The van der Waals surface area contributed by atoms with E-state index < -0.39 is 11.9 Å². The highest BCUT2D eigenvalue weighted by Crippen LogP contribution is 2.16. The van der Waals surface area contributed by atoms with Crippen LogP contribution in [-0.2, 0) is 16.0 Å². The maximum atomic E-state index is 11.2. The second-order valence-electron chi connectivity index (χ2n) is 3.78. The van der Waals surface area contributed by atoms with Gasteiger partial charge in [-0.05, 0) is 24.1 Å². The highest BCUT2D eigenvalue weighted by atomic mass is 16.4. The van der Waals surface area contributed by atoms with Gasteiger partial charge in [0.25, 0.3) is 0 Å². The Labute approximate surface area is 99.1 Å². The van der Waals surface area contributed by atoms with Gasteiger partial charge in [-0.1, -0.05) is 12.1 Å². The van der Waals surface area contributed by atoms with E-state index in [4.69, 9.17) is 10.2 Å². The molecule has 0 spiro atoms. The molecule has 0 saturated heterocycles. The lowest BCUT2D eigenvalue weighted by Gasteiger charge is -2.11. The number of hydrogen-bond donors (Lipinski definition) is 3. The molecule has 5 nitrogen and oxygen atoms in total. The average Bonchev–Trinajstić information content (AvgIpc) is 2.30. The Kier molecular flexibility index (Phi) is 4.51. The minimum Gasteiger partial charge on any atom is -0.508 e. The Morgan fingerprint density at radius 2 is 1.88 bits per heavy atom. The van der Waals surface area contributed by atoms with Gasteiger partial charge in [-0.25, -0.2) is 0 Å². The normalized spacial score (nSPS) is 11.8. The van der Waals surface area contributed by atoms with Gasteiger partial charge in [-0.15, -0.1) is 0 Å². The van der Waals surface area contributed by atoms with Crippen molar-refractivity contribution in [3.8, 4) is 5.75 Å². The van der Waals surface area contributed by atoms with Crippen LogP contribution in [0.15, 0.2) is 24.3 Å². The van der Waals surface area contributed by atoms with Crippen molar-refractivity contribution in [2.75, 3.05) is 7.05 Å². The molecule has 0 bridgehead atoms.